The normalized spacial score (nSPS) is 11.2. The van der Waals surface area contributed by atoms with Gasteiger partial charge >= 0.3 is 5.97 Å². The third kappa shape index (κ3) is 2.88. The molecule has 0 spiro atoms. The lowest BCUT2D eigenvalue weighted by molar-refractivity contribution is 0.0602. The highest BCUT2D eigenvalue weighted by molar-refractivity contribution is 7.09. The van der Waals surface area contributed by atoms with Crippen LogP contribution in [0.2, 0.25) is 0 Å². The number of esters is 1. The number of hydrogen-bond acceptors (Lipinski definition) is 7. The van der Waals surface area contributed by atoms with Crippen LogP contribution in [0, 0.1) is 0 Å². The molecule has 106 valence electrons. The van der Waals surface area contributed by atoms with Crippen molar-refractivity contribution in [3.63, 3.8) is 0 Å². The van der Waals surface area contributed by atoms with Crippen LogP contribution in [-0.4, -0.2) is 23.0 Å². The largest absolute Gasteiger partial charge is 0.465 e. The van der Waals surface area contributed by atoms with Crippen LogP contribution in [0.3, 0.4) is 0 Å². The number of methoxy groups -OCH3 is 1. The number of aromatic nitrogens is 2. The second kappa shape index (κ2) is 5.46. The van der Waals surface area contributed by atoms with Crippen molar-refractivity contribution < 1.29 is 9.53 Å². The molecule has 0 aromatic carbocycles. The van der Waals surface area contributed by atoms with Gasteiger partial charge in [-0.1, -0.05) is 0 Å². The van der Waals surface area contributed by atoms with E-state index in [-0.39, 0.29) is 5.69 Å². The van der Waals surface area contributed by atoms with E-state index in [1.54, 1.807) is 23.6 Å². The summed E-state index contributed by atoms with van der Waals surface area (Å²) in [4.78, 5) is 20.1. The van der Waals surface area contributed by atoms with Crippen LogP contribution in [0.5, 0.6) is 0 Å². The van der Waals surface area contributed by atoms with E-state index in [2.05, 4.69) is 20.0 Å². The molecule has 0 radical (unpaired) electrons. The average Bonchev–Trinajstić information content (AvgIpc) is 2.94. The number of nitrogens with zero attached hydrogens (tertiary/aromatic N) is 2. The highest BCUT2D eigenvalue weighted by Crippen LogP contribution is 2.27. The SMILES string of the molecule is COC(=O)c1cc(NC(C)(C)c2nccs2)ncc1N. The molecule has 6 nitrogen and oxygen atoms in total. The molecule has 0 saturated carbocycles. The summed E-state index contributed by atoms with van der Waals surface area (Å²) in [6.45, 7) is 3.98. The van der Waals surface area contributed by atoms with E-state index < -0.39 is 11.5 Å². The summed E-state index contributed by atoms with van der Waals surface area (Å²) in [6.07, 6.45) is 3.19. The number of pyridine rings is 1. The van der Waals surface area contributed by atoms with Gasteiger partial charge in [-0.15, -0.1) is 11.3 Å². The van der Waals surface area contributed by atoms with Crippen LogP contribution in [0.1, 0.15) is 29.2 Å². The second-order valence-corrected chi connectivity index (χ2v) is 5.63. The van der Waals surface area contributed by atoms with E-state index in [4.69, 9.17) is 5.73 Å². The van der Waals surface area contributed by atoms with Crippen molar-refractivity contribution >= 4 is 28.8 Å². The molecule has 2 rings (SSSR count). The summed E-state index contributed by atoms with van der Waals surface area (Å²) in [7, 11) is 1.31. The van der Waals surface area contributed by atoms with Crippen LogP contribution in [0.15, 0.2) is 23.8 Å². The Labute approximate surface area is 121 Å². The van der Waals surface area contributed by atoms with Crippen LogP contribution >= 0.6 is 11.3 Å². The molecule has 20 heavy (non-hydrogen) atoms. The lowest BCUT2D eigenvalue weighted by Gasteiger charge is -2.24. The molecule has 0 amide bonds. The molecule has 0 aliphatic rings. The zero-order valence-corrected chi connectivity index (χ0v) is 12.3. The number of carbonyl (C=O) groups is 1. The average molecular weight is 292 g/mol. The van der Waals surface area contributed by atoms with Crippen LogP contribution in [0.25, 0.3) is 0 Å². The van der Waals surface area contributed by atoms with Crippen molar-refractivity contribution in [1.82, 2.24) is 9.97 Å². The first-order chi connectivity index (χ1) is 9.44. The van der Waals surface area contributed by atoms with Gasteiger partial charge in [-0.2, -0.15) is 0 Å². The van der Waals surface area contributed by atoms with Crippen LogP contribution < -0.4 is 11.1 Å². The van der Waals surface area contributed by atoms with Crippen molar-refractivity contribution in [3.05, 3.63) is 34.4 Å². The predicted octanol–water partition coefficient (Wildman–Crippen LogP) is 2.25. The minimum absolute atomic E-state index is 0.287. The maximum absolute atomic E-state index is 11.6. The summed E-state index contributed by atoms with van der Waals surface area (Å²) in [5, 5.41) is 6.08. The topological polar surface area (TPSA) is 90.1 Å². The zero-order chi connectivity index (χ0) is 14.8. The molecule has 2 aromatic heterocycles. The van der Waals surface area contributed by atoms with Gasteiger partial charge in [0.25, 0.3) is 0 Å². The maximum Gasteiger partial charge on any atom is 0.340 e. The van der Waals surface area contributed by atoms with Crippen LogP contribution in [0.4, 0.5) is 11.5 Å². The van der Waals surface area contributed by atoms with E-state index in [1.807, 2.05) is 19.2 Å². The summed E-state index contributed by atoms with van der Waals surface area (Å²) in [6, 6.07) is 1.58. The second-order valence-electron chi connectivity index (χ2n) is 4.74. The van der Waals surface area contributed by atoms with Crippen molar-refractivity contribution in [2.45, 2.75) is 19.4 Å². The predicted molar refractivity (Wildman–Crippen MR) is 78.8 cm³/mol. The van der Waals surface area contributed by atoms with Crippen molar-refractivity contribution in [2.24, 2.45) is 0 Å². The Morgan fingerprint density at radius 2 is 2.20 bits per heavy atom. The molecule has 3 N–H and O–H groups in total. The molecule has 0 atom stereocenters. The van der Waals surface area contributed by atoms with E-state index in [9.17, 15) is 4.79 Å². The fourth-order valence-electron chi connectivity index (χ4n) is 1.73. The number of nitrogen functional groups attached to an aromatic ring is 1. The number of carbonyl (C=O) groups excluding carboxylic acids is 1. The van der Waals surface area contributed by atoms with Gasteiger partial charge in [-0.05, 0) is 19.9 Å². The molecular formula is C13H16N4O2S. The minimum atomic E-state index is -0.486. The molecule has 0 fully saturated rings. The van der Waals surface area contributed by atoms with Gasteiger partial charge in [0.15, 0.2) is 0 Å². The third-order valence-electron chi connectivity index (χ3n) is 2.75. The number of hydrogen-bond donors (Lipinski definition) is 2. The Morgan fingerprint density at radius 3 is 2.80 bits per heavy atom. The van der Waals surface area contributed by atoms with E-state index in [0.717, 1.165) is 5.01 Å². The Hall–Kier alpha value is -2.15. The van der Waals surface area contributed by atoms with Gasteiger partial charge in [0, 0.05) is 11.6 Å². The lowest BCUT2D eigenvalue weighted by Crippen LogP contribution is -2.28. The number of nitrogens with one attached hydrogen (secondary N) is 1. The molecule has 0 saturated heterocycles. The number of ether oxygens (including phenoxy) is 1. The van der Waals surface area contributed by atoms with Gasteiger partial charge < -0.3 is 15.8 Å². The summed E-state index contributed by atoms with van der Waals surface area (Å²) < 4.78 is 4.69. The smallest absolute Gasteiger partial charge is 0.340 e. The first kappa shape index (κ1) is 14.3. The monoisotopic (exact) mass is 292 g/mol. The van der Waals surface area contributed by atoms with Crippen molar-refractivity contribution in [3.8, 4) is 0 Å². The molecule has 0 bridgehead atoms. The van der Waals surface area contributed by atoms with E-state index in [0.29, 0.717) is 11.4 Å². The van der Waals surface area contributed by atoms with Gasteiger partial charge in [0.2, 0.25) is 0 Å². The first-order valence-corrected chi connectivity index (χ1v) is 6.84. The van der Waals surface area contributed by atoms with Gasteiger partial charge in [0.1, 0.15) is 10.8 Å². The standard InChI is InChI=1S/C13H16N4O2S/c1-13(2,12-15-4-5-20-12)17-10-6-8(11(18)19-3)9(14)7-16-10/h4-7H,14H2,1-3H3,(H,16,17). The maximum atomic E-state index is 11.6. The van der Waals surface area contributed by atoms with Gasteiger partial charge in [-0.25, -0.2) is 14.8 Å². The number of rotatable bonds is 4. The van der Waals surface area contributed by atoms with Crippen molar-refractivity contribution in [1.29, 1.82) is 0 Å². The van der Waals surface area contributed by atoms with Crippen molar-refractivity contribution in [2.75, 3.05) is 18.2 Å². The van der Waals surface area contributed by atoms with Gasteiger partial charge in [0.05, 0.1) is 30.1 Å². The fourth-order valence-corrected chi connectivity index (χ4v) is 2.44. The minimum Gasteiger partial charge on any atom is -0.465 e. The van der Waals surface area contributed by atoms with E-state index >= 15 is 0 Å². The highest BCUT2D eigenvalue weighted by atomic mass is 32.1. The molecule has 2 aromatic rings. The molecule has 0 aliphatic heterocycles. The number of nitrogens with two attached hydrogens (primary N) is 1. The van der Waals surface area contributed by atoms with Crippen LogP contribution in [-0.2, 0) is 10.3 Å². The molecular weight excluding hydrogens is 276 g/mol. The Bertz CT molecular complexity index is 611. The third-order valence-corrected chi connectivity index (χ3v) is 3.84. The highest BCUT2D eigenvalue weighted by Gasteiger charge is 2.24. The quantitative estimate of drug-likeness (QED) is 0.840. The summed E-state index contributed by atoms with van der Waals surface area (Å²) in [5.41, 5.74) is 5.90. The Morgan fingerprint density at radius 1 is 1.45 bits per heavy atom. The summed E-state index contributed by atoms with van der Waals surface area (Å²) in [5.74, 6) is 0.0554. The first-order valence-electron chi connectivity index (χ1n) is 5.96. The molecule has 0 aliphatic carbocycles. The number of anilines is 2. The Balaban J connectivity index is 2.28. The Kier molecular flexibility index (Phi) is 3.89. The molecule has 7 heteroatoms. The molecule has 0 unspecified atom stereocenters. The molecule has 2 heterocycles. The van der Waals surface area contributed by atoms with E-state index in [1.165, 1.54) is 13.3 Å². The zero-order valence-electron chi connectivity index (χ0n) is 11.5. The summed E-state index contributed by atoms with van der Waals surface area (Å²) >= 11 is 1.55. The number of thiazole rings is 1. The van der Waals surface area contributed by atoms with Gasteiger partial charge in [-0.3, -0.25) is 0 Å². The fraction of sp³-hybridized carbons (Fsp3) is 0.308. The lowest BCUT2D eigenvalue weighted by atomic mass is 10.1.